The van der Waals surface area contributed by atoms with Gasteiger partial charge in [0.1, 0.15) is 6.10 Å². The molecule has 19 heavy (non-hydrogen) atoms. The Morgan fingerprint density at radius 3 is 2.47 bits per heavy atom. The van der Waals surface area contributed by atoms with Gasteiger partial charge in [-0.25, -0.2) is 0 Å². The predicted octanol–water partition coefficient (Wildman–Crippen LogP) is 3.83. The average molecular weight is 256 g/mol. The molecule has 0 saturated carbocycles. The standard InChI is InChI=1S/C18H24O/c1-5-17(19)18(14(2)3)15(4)10-9-13-16-11-7-6-8-12-16/h1,6-8,10-12,14,17-19H,9,13H2,2-4H3/b15-10+/t17-,18+/m0/s1. The lowest BCUT2D eigenvalue weighted by Gasteiger charge is -2.24. The van der Waals surface area contributed by atoms with Gasteiger partial charge in [0.25, 0.3) is 0 Å². The Hall–Kier alpha value is -1.52. The molecule has 0 amide bonds. The number of hydrogen-bond donors (Lipinski definition) is 1. The molecule has 0 heterocycles. The molecule has 0 aliphatic rings. The number of rotatable bonds is 6. The Morgan fingerprint density at radius 2 is 1.95 bits per heavy atom. The number of aryl methyl sites for hydroxylation is 1. The predicted molar refractivity (Wildman–Crippen MR) is 81.7 cm³/mol. The van der Waals surface area contributed by atoms with Crippen LogP contribution in [0.4, 0.5) is 0 Å². The van der Waals surface area contributed by atoms with Gasteiger partial charge in [0.2, 0.25) is 0 Å². The third-order valence-corrected chi connectivity index (χ3v) is 3.50. The van der Waals surface area contributed by atoms with E-state index in [1.165, 1.54) is 11.1 Å². The molecule has 0 fully saturated rings. The molecule has 1 rings (SSSR count). The molecular weight excluding hydrogens is 232 g/mol. The highest BCUT2D eigenvalue weighted by molar-refractivity contribution is 5.17. The summed E-state index contributed by atoms with van der Waals surface area (Å²) in [6.45, 7) is 6.26. The van der Waals surface area contributed by atoms with Crippen LogP contribution in [0.15, 0.2) is 42.0 Å². The monoisotopic (exact) mass is 256 g/mol. The van der Waals surface area contributed by atoms with Crippen molar-refractivity contribution in [3.05, 3.63) is 47.5 Å². The van der Waals surface area contributed by atoms with Crippen LogP contribution in [0.5, 0.6) is 0 Å². The Morgan fingerprint density at radius 1 is 1.32 bits per heavy atom. The van der Waals surface area contributed by atoms with Gasteiger partial charge in [0.05, 0.1) is 0 Å². The molecule has 1 N–H and O–H groups in total. The lowest BCUT2D eigenvalue weighted by Crippen LogP contribution is -2.24. The van der Waals surface area contributed by atoms with E-state index in [4.69, 9.17) is 6.42 Å². The molecule has 102 valence electrons. The maximum atomic E-state index is 9.90. The molecule has 1 aromatic rings. The first-order valence-corrected chi connectivity index (χ1v) is 6.91. The SMILES string of the molecule is C#C[C@H](O)[C@@H](/C(C)=C/CCc1ccccc1)C(C)C. The summed E-state index contributed by atoms with van der Waals surface area (Å²) in [5.74, 6) is 2.85. The van der Waals surface area contributed by atoms with E-state index >= 15 is 0 Å². The van der Waals surface area contributed by atoms with Gasteiger partial charge in [-0.2, -0.15) is 0 Å². The van der Waals surface area contributed by atoms with E-state index in [0.29, 0.717) is 5.92 Å². The van der Waals surface area contributed by atoms with E-state index in [1.54, 1.807) is 0 Å². The molecular formula is C18H24O. The molecule has 0 aromatic heterocycles. The minimum absolute atomic E-state index is 0.0563. The van der Waals surface area contributed by atoms with Crippen molar-refractivity contribution >= 4 is 0 Å². The molecule has 0 aliphatic heterocycles. The highest BCUT2D eigenvalue weighted by Crippen LogP contribution is 2.24. The van der Waals surface area contributed by atoms with Gasteiger partial charge in [-0.05, 0) is 31.2 Å². The number of aliphatic hydroxyl groups excluding tert-OH is 1. The van der Waals surface area contributed by atoms with E-state index in [2.05, 4.69) is 57.0 Å². The topological polar surface area (TPSA) is 20.2 Å². The van der Waals surface area contributed by atoms with Crippen molar-refractivity contribution in [2.24, 2.45) is 11.8 Å². The van der Waals surface area contributed by atoms with Crippen LogP contribution in [0, 0.1) is 24.2 Å². The Bertz CT molecular complexity index is 437. The normalized spacial score (nSPS) is 15.1. The zero-order chi connectivity index (χ0) is 14.3. The molecule has 1 heteroatoms. The van der Waals surface area contributed by atoms with Crippen LogP contribution in [0.2, 0.25) is 0 Å². The smallest absolute Gasteiger partial charge is 0.121 e. The average Bonchev–Trinajstić information content (AvgIpc) is 2.39. The molecule has 0 radical (unpaired) electrons. The van der Waals surface area contributed by atoms with Gasteiger partial charge in [0, 0.05) is 5.92 Å². The van der Waals surface area contributed by atoms with Crippen LogP contribution < -0.4 is 0 Å². The fourth-order valence-electron chi connectivity index (χ4n) is 2.49. The minimum atomic E-state index is -0.687. The van der Waals surface area contributed by atoms with Gasteiger partial charge in [-0.3, -0.25) is 0 Å². The first-order chi connectivity index (χ1) is 9.06. The van der Waals surface area contributed by atoms with Crippen LogP contribution in [-0.4, -0.2) is 11.2 Å². The first kappa shape index (κ1) is 15.5. The second kappa shape index (κ2) is 7.81. The third kappa shape index (κ3) is 4.93. The third-order valence-electron chi connectivity index (χ3n) is 3.50. The second-order valence-electron chi connectivity index (χ2n) is 5.35. The summed E-state index contributed by atoms with van der Waals surface area (Å²) in [6, 6.07) is 10.4. The highest BCUT2D eigenvalue weighted by atomic mass is 16.3. The van der Waals surface area contributed by atoms with Crippen molar-refractivity contribution in [3.8, 4) is 12.3 Å². The molecule has 0 bridgehead atoms. The fraction of sp³-hybridized carbons (Fsp3) is 0.444. The van der Waals surface area contributed by atoms with Crippen molar-refractivity contribution in [3.63, 3.8) is 0 Å². The Balaban J connectivity index is 2.62. The van der Waals surface area contributed by atoms with E-state index in [0.717, 1.165) is 12.8 Å². The number of allylic oxidation sites excluding steroid dienone is 1. The van der Waals surface area contributed by atoms with Crippen LogP contribution in [-0.2, 0) is 6.42 Å². The number of benzene rings is 1. The van der Waals surface area contributed by atoms with E-state index in [1.807, 2.05) is 6.07 Å². The van der Waals surface area contributed by atoms with Gasteiger partial charge in [-0.15, -0.1) is 6.42 Å². The summed E-state index contributed by atoms with van der Waals surface area (Å²) in [4.78, 5) is 0. The largest absolute Gasteiger partial charge is 0.380 e. The van der Waals surface area contributed by atoms with Crippen molar-refractivity contribution in [2.45, 2.75) is 39.7 Å². The highest BCUT2D eigenvalue weighted by Gasteiger charge is 2.22. The van der Waals surface area contributed by atoms with Crippen molar-refractivity contribution in [1.82, 2.24) is 0 Å². The fourth-order valence-corrected chi connectivity index (χ4v) is 2.49. The zero-order valence-electron chi connectivity index (χ0n) is 12.1. The molecule has 0 aliphatic carbocycles. The summed E-state index contributed by atoms with van der Waals surface area (Å²) in [6.07, 6.45) is 8.87. The molecule has 1 aromatic carbocycles. The van der Waals surface area contributed by atoms with Crippen molar-refractivity contribution in [1.29, 1.82) is 0 Å². The van der Waals surface area contributed by atoms with Gasteiger partial charge < -0.3 is 5.11 Å². The molecule has 1 nitrogen and oxygen atoms in total. The maximum absolute atomic E-state index is 9.90. The quantitative estimate of drug-likeness (QED) is 0.606. The number of terminal acetylenes is 1. The van der Waals surface area contributed by atoms with Crippen LogP contribution in [0.3, 0.4) is 0 Å². The number of aliphatic hydroxyl groups is 1. The van der Waals surface area contributed by atoms with Gasteiger partial charge >= 0.3 is 0 Å². The maximum Gasteiger partial charge on any atom is 0.121 e. The first-order valence-electron chi connectivity index (χ1n) is 6.91. The van der Waals surface area contributed by atoms with E-state index in [9.17, 15) is 5.11 Å². The molecule has 2 atom stereocenters. The van der Waals surface area contributed by atoms with Crippen molar-refractivity contribution in [2.75, 3.05) is 0 Å². The number of hydrogen-bond acceptors (Lipinski definition) is 1. The van der Waals surface area contributed by atoms with Gasteiger partial charge in [-0.1, -0.05) is 61.7 Å². The van der Waals surface area contributed by atoms with Crippen LogP contribution in [0.25, 0.3) is 0 Å². The van der Waals surface area contributed by atoms with Crippen LogP contribution in [0.1, 0.15) is 32.8 Å². The summed E-state index contributed by atoms with van der Waals surface area (Å²) < 4.78 is 0. The molecule has 0 unspecified atom stereocenters. The van der Waals surface area contributed by atoms with Crippen LogP contribution >= 0.6 is 0 Å². The lowest BCUT2D eigenvalue weighted by atomic mass is 9.84. The summed E-state index contributed by atoms with van der Waals surface area (Å²) in [5.41, 5.74) is 2.53. The zero-order valence-corrected chi connectivity index (χ0v) is 12.1. The Labute approximate surface area is 117 Å². The van der Waals surface area contributed by atoms with Crippen molar-refractivity contribution < 1.29 is 5.11 Å². The molecule has 0 spiro atoms. The van der Waals surface area contributed by atoms with E-state index in [-0.39, 0.29) is 5.92 Å². The molecule has 0 saturated heterocycles. The summed E-state index contributed by atoms with van der Waals surface area (Å²) in [5, 5.41) is 9.90. The summed E-state index contributed by atoms with van der Waals surface area (Å²) in [7, 11) is 0. The summed E-state index contributed by atoms with van der Waals surface area (Å²) >= 11 is 0. The lowest BCUT2D eigenvalue weighted by molar-refractivity contribution is 0.152. The van der Waals surface area contributed by atoms with E-state index < -0.39 is 6.10 Å². The minimum Gasteiger partial charge on any atom is -0.380 e. The second-order valence-corrected chi connectivity index (χ2v) is 5.35. The Kier molecular flexibility index (Phi) is 6.39. The van der Waals surface area contributed by atoms with Gasteiger partial charge in [0.15, 0.2) is 0 Å².